The quantitative estimate of drug-likeness (QED) is 0.722. The minimum atomic E-state index is 0.272. The number of hydrogen-bond donors (Lipinski definition) is 1. The standard InChI is InChI=1S/C15H15N5O/c16-13-8-4-5-9-14(13)21-11-15-17-18-19-20(15)10-12-6-2-1-3-7-12/h1-9H,10-11,16H2. The smallest absolute Gasteiger partial charge is 0.189 e. The zero-order valence-electron chi connectivity index (χ0n) is 11.4. The molecule has 0 saturated carbocycles. The molecule has 0 atom stereocenters. The van der Waals surface area contributed by atoms with Gasteiger partial charge < -0.3 is 10.5 Å². The number of benzene rings is 2. The van der Waals surface area contributed by atoms with E-state index < -0.39 is 0 Å². The van der Waals surface area contributed by atoms with E-state index in [9.17, 15) is 0 Å². The normalized spacial score (nSPS) is 10.5. The summed E-state index contributed by atoms with van der Waals surface area (Å²) in [6.07, 6.45) is 0. The van der Waals surface area contributed by atoms with E-state index in [1.54, 1.807) is 10.7 Å². The highest BCUT2D eigenvalue weighted by molar-refractivity contribution is 5.51. The van der Waals surface area contributed by atoms with Crippen molar-refractivity contribution in [3.8, 4) is 5.75 Å². The van der Waals surface area contributed by atoms with Crippen LogP contribution in [0, 0.1) is 0 Å². The lowest BCUT2D eigenvalue weighted by Gasteiger charge is -2.08. The fourth-order valence-electron chi connectivity index (χ4n) is 1.96. The van der Waals surface area contributed by atoms with Crippen LogP contribution < -0.4 is 10.5 Å². The first-order chi connectivity index (χ1) is 10.3. The fourth-order valence-corrected chi connectivity index (χ4v) is 1.96. The summed E-state index contributed by atoms with van der Waals surface area (Å²) >= 11 is 0. The number of nitrogens with zero attached hydrogens (tertiary/aromatic N) is 4. The van der Waals surface area contributed by atoms with E-state index in [4.69, 9.17) is 10.5 Å². The van der Waals surface area contributed by atoms with E-state index in [0.29, 0.717) is 23.8 Å². The first-order valence-electron chi connectivity index (χ1n) is 6.59. The highest BCUT2D eigenvalue weighted by Crippen LogP contribution is 2.20. The molecule has 3 aromatic rings. The highest BCUT2D eigenvalue weighted by Gasteiger charge is 2.08. The molecule has 0 fully saturated rings. The lowest BCUT2D eigenvalue weighted by molar-refractivity contribution is 0.289. The molecule has 0 spiro atoms. The summed E-state index contributed by atoms with van der Waals surface area (Å²) in [4.78, 5) is 0. The second-order valence-corrected chi connectivity index (χ2v) is 4.56. The Labute approximate surface area is 122 Å². The molecule has 6 nitrogen and oxygen atoms in total. The Morgan fingerprint density at radius 2 is 1.76 bits per heavy atom. The molecule has 0 bridgehead atoms. The molecular weight excluding hydrogens is 266 g/mol. The average Bonchev–Trinajstić information content (AvgIpc) is 2.95. The molecule has 21 heavy (non-hydrogen) atoms. The second-order valence-electron chi connectivity index (χ2n) is 4.56. The van der Waals surface area contributed by atoms with E-state index in [1.165, 1.54) is 0 Å². The minimum absolute atomic E-state index is 0.272. The molecule has 0 aliphatic rings. The zero-order chi connectivity index (χ0) is 14.5. The van der Waals surface area contributed by atoms with E-state index in [-0.39, 0.29) is 6.61 Å². The number of aromatic nitrogens is 4. The number of anilines is 1. The van der Waals surface area contributed by atoms with Gasteiger partial charge in [-0.05, 0) is 28.1 Å². The van der Waals surface area contributed by atoms with Crippen LogP contribution in [0.15, 0.2) is 54.6 Å². The summed E-state index contributed by atoms with van der Waals surface area (Å²) in [5, 5.41) is 11.7. The van der Waals surface area contributed by atoms with Gasteiger partial charge in [-0.15, -0.1) is 5.10 Å². The Kier molecular flexibility index (Phi) is 3.77. The predicted octanol–water partition coefficient (Wildman–Crippen LogP) is 1.88. The predicted molar refractivity (Wildman–Crippen MR) is 78.5 cm³/mol. The van der Waals surface area contributed by atoms with Gasteiger partial charge in [-0.3, -0.25) is 0 Å². The van der Waals surface area contributed by atoms with Crippen molar-refractivity contribution in [2.24, 2.45) is 0 Å². The number of tetrazole rings is 1. The molecule has 3 rings (SSSR count). The van der Waals surface area contributed by atoms with Crippen molar-refractivity contribution < 1.29 is 4.74 Å². The summed E-state index contributed by atoms with van der Waals surface area (Å²) in [6, 6.07) is 17.4. The SMILES string of the molecule is Nc1ccccc1OCc1nnnn1Cc1ccccc1. The Balaban J connectivity index is 1.70. The molecule has 106 valence electrons. The Morgan fingerprint density at radius 3 is 2.57 bits per heavy atom. The summed E-state index contributed by atoms with van der Waals surface area (Å²) < 4.78 is 7.39. The first-order valence-corrected chi connectivity index (χ1v) is 6.59. The number of nitrogen functional groups attached to an aromatic ring is 1. The maximum absolute atomic E-state index is 5.84. The van der Waals surface area contributed by atoms with Gasteiger partial charge in [0.2, 0.25) is 0 Å². The van der Waals surface area contributed by atoms with Crippen molar-refractivity contribution in [2.45, 2.75) is 13.2 Å². The van der Waals surface area contributed by atoms with Crippen molar-refractivity contribution in [1.82, 2.24) is 20.2 Å². The molecular formula is C15H15N5O. The summed E-state index contributed by atoms with van der Waals surface area (Å²) in [5.74, 6) is 1.29. The molecule has 0 aliphatic heterocycles. The van der Waals surface area contributed by atoms with Crippen LogP contribution >= 0.6 is 0 Å². The largest absolute Gasteiger partial charge is 0.483 e. The van der Waals surface area contributed by atoms with Gasteiger partial charge in [0.05, 0.1) is 12.2 Å². The average molecular weight is 281 g/mol. The third kappa shape index (κ3) is 3.17. The van der Waals surface area contributed by atoms with E-state index in [2.05, 4.69) is 15.5 Å². The van der Waals surface area contributed by atoms with E-state index in [1.807, 2.05) is 48.5 Å². The third-order valence-corrected chi connectivity index (χ3v) is 3.06. The van der Waals surface area contributed by atoms with Crippen LogP contribution in [0.25, 0.3) is 0 Å². The Bertz CT molecular complexity index is 711. The molecule has 0 unspecified atom stereocenters. The first kappa shape index (κ1) is 13.1. The van der Waals surface area contributed by atoms with Gasteiger partial charge in [0.25, 0.3) is 0 Å². The molecule has 0 aliphatic carbocycles. The van der Waals surface area contributed by atoms with Gasteiger partial charge in [-0.1, -0.05) is 42.5 Å². The lowest BCUT2D eigenvalue weighted by Crippen LogP contribution is -2.10. The van der Waals surface area contributed by atoms with E-state index in [0.717, 1.165) is 5.56 Å². The van der Waals surface area contributed by atoms with Gasteiger partial charge in [0.15, 0.2) is 5.82 Å². The summed E-state index contributed by atoms with van der Waals surface area (Å²) in [5.41, 5.74) is 7.56. The topological polar surface area (TPSA) is 78.8 Å². The number of rotatable bonds is 5. The molecule has 2 N–H and O–H groups in total. The van der Waals surface area contributed by atoms with Crippen LogP contribution in [0.1, 0.15) is 11.4 Å². The van der Waals surface area contributed by atoms with Gasteiger partial charge in [-0.2, -0.15) is 0 Å². The Hall–Kier alpha value is -2.89. The van der Waals surface area contributed by atoms with Crippen molar-refractivity contribution in [3.63, 3.8) is 0 Å². The van der Waals surface area contributed by atoms with Crippen LogP contribution in [0.4, 0.5) is 5.69 Å². The van der Waals surface area contributed by atoms with Gasteiger partial charge in [0, 0.05) is 0 Å². The Morgan fingerprint density at radius 1 is 1.00 bits per heavy atom. The van der Waals surface area contributed by atoms with Crippen molar-refractivity contribution in [1.29, 1.82) is 0 Å². The van der Waals surface area contributed by atoms with E-state index >= 15 is 0 Å². The highest BCUT2D eigenvalue weighted by atomic mass is 16.5. The number of hydrogen-bond acceptors (Lipinski definition) is 5. The number of nitrogens with two attached hydrogens (primary N) is 1. The molecule has 2 aromatic carbocycles. The molecule has 1 aromatic heterocycles. The molecule has 0 saturated heterocycles. The van der Waals surface area contributed by atoms with Gasteiger partial charge in [0.1, 0.15) is 12.4 Å². The maximum atomic E-state index is 5.84. The molecule has 6 heteroatoms. The molecule has 0 radical (unpaired) electrons. The van der Waals surface area contributed by atoms with Crippen molar-refractivity contribution in [2.75, 3.05) is 5.73 Å². The van der Waals surface area contributed by atoms with Crippen LogP contribution in [-0.2, 0) is 13.2 Å². The second kappa shape index (κ2) is 6.04. The van der Waals surface area contributed by atoms with Crippen LogP contribution in [0.5, 0.6) is 5.75 Å². The summed E-state index contributed by atoms with van der Waals surface area (Å²) in [7, 11) is 0. The fraction of sp³-hybridized carbons (Fsp3) is 0.133. The van der Waals surface area contributed by atoms with Crippen molar-refractivity contribution >= 4 is 5.69 Å². The molecule has 1 heterocycles. The van der Waals surface area contributed by atoms with Gasteiger partial charge >= 0.3 is 0 Å². The summed E-state index contributed by atoms with van der Waals surface area (Å²) in [6.45, 7) is 0.880. The maximum Gasteiger partial charge on any atom is 0.189 e. The lowest BCUT2D eigenvalue weighted by atomic mass is 10.2. The number of ether oxygens (including phenoxy) is 1. The zero-order valence-corrected chi connectivity index (χ0v) is 11.4. The van der Waals surface area contributed by atoms with Gasteiger partial charge in [-0.25, -0.2) is 4.68 Å². The number of para-hydroxylation sites is 2. The molecule has 0 amide bonds. The van der Waals surface area contributed by atoms with Crippen LogP contribution in [0.3, 0.4) is 0 Å². The van der Waals surface area contributed by atoms with Crippen LogP contribution in [-0.4, -0.2) is 20.2 Å². The minimum Gasteiger partial charge on any atom is -0.483 e. The third-order valence-electron chi connectivity index (χ3n) is 3.06. The van der Waals surface area contributed by atoms with Crippen molar-refractivity contribution in [3.05, 3.63) is 66.0 Å². The monoisotopic (exact) mass is 281 g/mol. The van der Waals surface area contributed by atoms with Crippen LogP contribution in [0.2, 0.25) is 0 Å².